The van der Waals surface area contributed by atoms with Crippen LogP contribution < -0.4 is 14.9 Å². The van der Waals surface area contributed by atoms with Crippen LogP contribution in [0.4, 0.5) is 9.18 Å². The number of urea groups is 1. The van der Waals surface area contributed by atoms with E-state index >= 15 is 0 Å². The fourth-order valence-corrected chi connectivity index (χ4v) is 8.80. The Hall–Kier alpha value is -3.18. The summed E-state index contributed by atoms with van der Waals surface area (Å²) in [6, 6.07) is 14.0. The standard InChI is InChI=1S/C31H33Cl2FN6O5S3/c1-31(2,21-7-13-27(26(33)16-21)48(44,45)35-3)28-18-36-30(40(28)23-10-8-22(34)9-11-23)46-19-20-6-12-24(17-25(20)32)47(42,43)38-29(41)37-39-14-4-5-15-39/h6-13,16-18,35H,4-5,14-15,19H2,1-3H3,(H2,37,38,41). The van der Waals surface area contributed by atoms with Crippen molar-refractivity contribution < 1.29 is 26.0 Å². The molecule has 0 aliphatic carbocycles. The van der Waals surface area contributed by atoms with Crippen molar-refractivity contribution in [2.75, 3.05) is 20.1 Å². The van der Waals surface area contributed by atoms with Crippen molar-refractivity contribution in [1.29, 1.82) is 0 Å². The highest BCUT2D eigenvalue weighted by molar-refractivity contribution is 7.98. The normalized spacial score (nSPS) is 14.3. The Morgan fingerprint density at radius 1 is 0.958 bits per heavy atom. The average molecular weight is 756 g/mol. The second kappa shape index (κ2) is 14.4. The van der Waals surface area contributed by atoms with E-state index < -0.39 is 37.3 Å². The number of rotatable bonds is 11. The number of thioether (sulfide) groups is 1. The van der Waals surface area contributed by atoms with Crippen LogP contribution in [0, 0.1) is 5.82 Å². The van der Waals surface area contributed by atoms with Crippen LogP contribution in [0.2, 0.25) is 10.0 Å². The molecule has 11 nitrogen and oxygen atoms in total. The van der Waals surface area contributed by atoms with Crippen LogP contribution in [0.25, 0.3) is 5.69 Å². The lowest BCUT2D eigenvalue weighted by Crippen LogP contribution is -2.47. The largest absolute Gasteiger partial charge is 0.343 e. The molecule has 4 aromatic rings. The van der Waals surface area contributed by atoms with E-state index in [1.165, 1.54) is 49.1 Å². The molecule has 0 saturated carbocycles. The van der Waals surface area contributed by atoms with E-state index in [1.807, 2.05) is 23.1 Å². The van der Waals surface area contributed by atoms with Gasteiger partial charge in [-0.1, -0.05) is 60.9 Å². The van der Waals surface area contributed by atoms with Crippen LogP contribution in [0.5, 0.6) is 0 Å². The van der Waals surface area contributed by atoms with Crippen molar-refractivity contribution in [1.82, 2.24) is 29.4 Å². The number of nitrogens with one attached hydrogen (secondary N) is 3. The molecule has 0 spiro atoms. The molecule has 0 radical (unpaired) electrons. The smallest absolute Gasteiger partial charge is 0.291 e. The number of hydrogen-bond acceptors (Lipinski definition) is 8. The van der Waals surface area contributed by atoms with E-state index in [9.17, 15) is 26.0 Å². The van der Waals surface area contributed by atoms with Gasteiger partial charge in [0.05, 0.1) is 21.8 Å². The van der Waals surface area contributed by atoms with Gasteiger partial charge in [0, 0.05) is 35.0 Å². The number of amides is 2. The van der Waals surface area contributed by atoms with Crippen molar-refractivity contribution in [2.24, 2.45) is 0 Å². The minimum atomic E-state index is -4.18. The topological polar surface area (TPSA) is 142 Å². The number of aromatic nitrogens is 2. The van der Waals surface area contributed by atoms with E-state index in [1.54, 1.807) is 41.5 Å². The molecule has 3 aromatic carbocycles. The first-order valence-electron chi connectivity index (χ1n) is 14.7. The number of imidazole rings is 1. The zero-order chi connectivity index (χ0) is 34.9. The molecule has 5 rings (SSSR count). The van der Waals surface area contributed by atoms with Gasteiger partial charge in [-0.15, -0.1) is 0 Å². The molecule has 0 unspecified atom stereocenters. The molecule has 48 heavy (non-hydrogen) atoms. The third kappa shape index (κ3) is 7.83. The van der Waals surface area contributed by atoms with Gasteiger partial charge in [0.25, 0.3) is 10.0 Å². The Bertz CT molecular complexity index is 2050. The zero-order valence-electron chi connectivity index (χ0n) is 26.1. The SMILES string of the molecule is CNS(=O)(=O)c1ccc(C(C)(C)c2cnc(SCc3ccc(S(=O)(=O)NC(=O)NN4CCCC4)cc3Cl)n2-c2ccc(F)cc2)cc1Cl. The molecule has 0 atom stereocenters. The minimum Gasteiger partial charge on any atom is -0.291 e. The second-order valence-electron chi connectivity index (χ2n) is 11.5. The fraction of sp³-hybridized carbons (Fsp3) is 0.290. The Kier molecular flexibility index (Phi) is 10.8. The van der Waals surface area contributed by atoms with Gasteiger partial charge in [-0.05, 0) is 79.5 Å². The third-order valence-electron chi connectivity index (χ3n) is 7.95. The maximum absolute atomic E-state index is 13.9. The molecule has 1 fully saturated rings. The summed E-state index contributed by atoms with van der Waals surface area (Å²) in [4.78, 5) is 16.7. The molecule has 2 heterocycles. The summed E-state index contributed by atoms with van der Waals surface area (Å²) in [6.45, 7) is 5.17. The number of carbonyl (C=O) groups excluding carboxylic acids is 1. The molecule has 3 N–H and O–H groups in total. The molecular formula is C31H33Cl2FN6O5S3. The Morgan fingerprint density at radius 2 is 1.65 bits per heavy atom. The van der Waals surface area contributed by atoms with Gasteiger partial charge in [0.1, 0.15) is 10.7 Å². The van der Waals surface area contributed by atoms with Crippen molar-refractivity contribution in [3.05, 3.63) is 99.5 Å². The highest BCUT2D eigenvalue weighted by Gasteiger charge is 2.31. The molecule has 17 heteroatoms. The number of hydrogen-bond donors (Lipinski definition) is 3. The van der Waals surface area contributed by atoms with Crippen LogP contribution in [0.15, 0.2) is 81.8 Å². The number of halogens is 3. The monoisotopic (exact) mass is 754 g/mol. The second-order valence-corrected chi connectivity index (χ2v) is 16.8. The van der Waals surface area contributed by atoms with Gasteiger partial charge in [-0.3, -0.25) is 9.99 Å². The van der Waals surface area contributed by atoms with E-state index in [0.29, 0.717) is 46.5 Å². The minimum absolute atomic E-state index is 0.0497. The zero-order valence-corrected chi connectivity index (χ0v) is 30.1. The average Bonchev–Trinajstić information content (AvgIpc) is 3.71. The summed E-state index contributed by atoms with van der Waals surface area (Å²) in [6.07, 6.45) is 3.52. The summed E-state index contributed by atoms with van der Waals surface area (Å²) < 4.78 is 70.6. The lowest BCUT2D eigenvalue weighted by molar-refractivity contribution is 0.202. The summed E-state index contributed by atoms with van der Waals surface area (Å²) >= 11 is 14.3. The van der Waals surface area contributed by atoms with Crippen molar-refractivity contribution >= 4 is 61.0 Å². The molecule has 1 aliphatic rings. The van der Waals surface area contributed by atoms with E-state index in [-0.39, 0.29) is 19.8 Å². The van der Waals surface area contributed by atoms with E-state index in [4.69, 9.17) is 23.2 Å². The van der Waals surface area contributed by atoms with Gasteiger partial charge in [-0.25, -0.2) is 45.5 Å². The van der Waals surface area contributed by atoms with Gasteiger partial charge in [0.2, 0.25) is 10.0 Å². The van der Waals surface area contributed by atoms with Gasteiger partial charge in [0.15, 0.2) is 5.16 Å². The molecular weight excluding hydrogens is 722 g/mol. The maximum Gasteiger partial charge on any atom is 0.343 e. The molecule has 1 saturated heterocycles. The Morgan fingerprint density at radius 3 is 2.27 bits per heavy atom. The summed E-state index contributed by atoms with van der Waals surface area (Å²) in [5.41, 5.74) is 4.44. The molecule has 0 bridgehead atoms. The molecule has 2 amide bonds. The van der Waals surface area contributed by atoms with Crippen LogP contribution >= 0.6 is 35.0 Å². The maximum atomic E-state index is 13.9. The molecule has 1 aliphatic heterocycles. The predicted octanol–water partition coefficient (Wildman–Crippen LogP) is 5.84. The van der Waals surface area contributed by atoms with Gasteiger partial charge in [-0.2, -0.15) is 0 Å². The van der Waals surface area contributed by atoms with Crippen LogP contribution in [0.3, 0.4) is 0 Å². The number of benzene rings is 3. The van der Waals surface area contributed by atoms with Crippen molar-refractivity contribution in [2.45, 2.75) is 52.8 Å². The summed E-state index contributed by atoms with van der Waals surface area (Å²) in [5.74, 6) is -0.116. The highest BCUT2D eigenvalue weighted by atomic mass is 35.5. The van der Waals surface area contributed by atoms with Crippen molar-refractivity contribution in [3.8, 4) is 5.69 Å². The first kappa shape index (κ1) is 36.1. The van der Waals surface area contributed by atoms with Gasteiger partial charge < -0.3 is 0 Å². The first-order valence-corrected chi connectivity index (χ1v) is 19.4. The Balaban J connectivity index is 1.41. The lowest BCUT2D eigenvalue weighted by Gasteiger charge is -2.28. The number of carbonyl (C=O) groups is 1. The van der Waals surface area contributed by atoms with E-state index in [2.05, 4.69) is 15.1 Å². The number of sulfonamides is 2. The third-order valence-corrected chi connectivity index (χ3v) is 12.5. The van der Waals surface area contributed by atoms with E-state index in [0.717, 1.165) is 12.8 Å². The van der Waals surface area contributed by atoms with Crippen molar-refractivity contribution in [3.63, 3.8) is 0 Å². The fourth-order valence-electron chi connectivity index (χ4n) is 5.21. The summed E-state index contributed by atoms with van der Waals surface area (Å²) in [7, 11) is -6.65. The molecule has 256 valence electrons. The first-order chi connectivity index (χ1) is 22.6. The van der Waals surface area contributed by atoms with Gasteiger partial charge >= 0.3 is 6.03 Å². The van der Waals surface area contributed by atoms with Crippen LogP contribution in [-0.2, 0) is 31.2 Å². The van der Waals surface area contributed by atoms with Crippen LogP contribution in [-0.4, -0.2) is 57.6 Å². The highest BCUT2D eigenvalue weighted by Crippen LogP contribution is 2.39. The quantitative estimate of drug-likeness (QED) is 0.162. The lowest BCUT2D eigenvalue weighted by atomic mass is 9.81. The van der Waals surface area contributed by atoms with Crippen LogP contribution in [0.1, 0.15) is 43.5 Å². The predicted molar refractivity (Wildman–Crippen MR) is 184 cm³/mol. The Labute approximate surface area is 293 Å². The molecule has 1 aromatic heterocycles. The number of nitrogens with zero attached hydrogens (tertiary/aromatic N) is 3. The number of hydrazine groups is 1. The summed E-state index contributed by atoms with van der Waals surface area (Å²) in [5, 5.41) is 2.43.